The van der Waals surface area contributed by atoms with E-state index in [1.54, 1.807) is 7.11 Å². The lowest BCUT2D eigenvalue weighted by Crippen LogP contribution is -2.41. The Bertz CT molecular complexity index is 775. The smallest absolute Gasteiger partial charge is 0.238 e. The predicted molar refractivity (Wildman–Crippen MR) is 111 cm³/mol. The summed E-state index contributed by atoms with van der Waals surface area (Å²) in [6.07, 6.45) is 0.864. The molecule has 0 saturated carbocycles. The van der Waals surface area contributed by atoms with Gasteiger partial charge in [0.05, 0.1) is 20.2 Å². The van der Waals surface area contributed by atoms with E-state index in [1.807, 2.05) is 67.3 Å². The molecule has 0 aliphatic heterocycles. The van der Waals surface area contributed by atoms with Gasteiger partial charge in [-0.1, -0.05) is 37.3 Å². The van der Waals surface area contributed by atoms with Crippen LogP contribution < -0.4 is 15.4 Å². The van der Waals surface area contributed by atoms with Gasteiger partial charge in [-0.25, -0.2) is 0 Å². The third-order valence-electron chi connectivity index (χ3n) is 4.34. The van der Waals surface area contributed by atoms with E-state index in [4.69, 9.17) is 4.74 Å². The molecular formula is C22H29N3O3. The largest absolute Gasteiger partial charge is 0.497 e. The summed E-state index contributed by atoms with van der Waals surface area (Å²) in [5.41, 5.74) is 2.80. The van der Waals surface area contributed by atoms with Crippen LogP contribution in [0.4, 0.5) is 5.69 Å². The Morgan fingerprint density at radius 1 is 1.00 bits per heavy atom. The van der Waals surface area contributed by atoms with Crippen molar-refractivity contribution < 1.29 is 14.3 Å². The molecule has 6 nitrogen and oxygen atoms in total. The van der Waals surface area contributed by atoms with Gasteiger partial charge in [0.25, 0.3) is 0 Å². The van der Waals surface area contributed by atoms with E-state index in [2.05, 4.69) is 10.6 Å². The van der Waals surface area contributed by atoms with E-state index in [-0.39, 0.29) is 24.9 Å². The fourth-order valence-electron chi connectivity index (χ4n) is 2.84. The highest BCUT2D eigenvalue weighted by molar-refractivity contribution is 5.93. The number of para-hydroxylation sites is 1. The number of anilines is 1. The lowest BCUT2D eigenvalue weighted by molar-refractivity contribution is -0.123. The van der Waals surface area contributed by atoms with Crippen LogP contribution in [0.15, 0.2) is 48.5 Å². The summed E-state index contributed by atoms with van der Waals surface area (Å²) in [4.78, 5) is 26.5. The Labute approximate surface area is 166 Å². The minimum Gasteiger partial charge on any atom is -0.497 e. The standard InChI is InChI=1S/C22H29N3O3/c1-4-13-25(16-22(27)24-20-8-6-5-7-17(20)2)15-21(26)23-14-18-9-11-19(28-3)12-10-18/h5-12H,4,13-16H2,1-3H3,(H,23,26)(H,24,27). The number of carbonyl (C=O) groups excluding carboxylic acids is 2. The van der Waals surface area contributed by atoms with Gasteiger partial charge in [-0.15, -0.1) is 0 Å². The van der Waals surface area contributed by atoms with Crippen LogP contribution in [0, 0.1) is 6.92 Å². The van der Waals surface area contributed by atoms with Crippen LogP contribution in [0.25, 0.3) is 0 Å². The van der Waals surface area contributed by atoms with Crippen molar-refractivity contribution in [3.05, 3.63) is 59.7 Å². The normalized spacial score (nSPS) is 10.6. The topological polar surface area (TPSA) is 70.7 Å². The van der Waals surface area contributed by atoms with E-state index in [0.717, 1.165) is 29.0 Å². The summed E-state index contributed by atoms with van der Waals surface area (Å²) in [6.45, 7) is 5.46. The second-order valence-corrected chi connectivity index (χ2v) is 6.70. The van der Waals surface area contributed by atoms with Crippen molar-refractivity contribution in [2.75, 3.05) is 32.1 Å². The van der Waals surface area contributed by atoms with Gasteiger partial charge in [0, 0.05) is 12.2 Å². The molecule has 0 bridgehead atoms. The zero-order valence-corrected chi connectivity index (χ0v) is 16.8. The summed E-state index contributed by atoms with van der Waals surface area (Å²) in [6, 6.07) is 15.2. The first-order valence-electron chi connectivity index (χ1n) is 9.49. The van der Waals surface area contributed by atoms with Crippen LogP contribution in [0.1, 0.15) is 24.5 Å². The van der Waals surface area contributed by atoms with Gasteiger partial charge in [0.2, 0.25) is 11.8 Å². The van der Waals surface area contributed by atoms with Gasteiger partial charge in [-0.05, 0) is 49.2 Å². The second-order valence-electron chi connectivity index (χ2n) is 6.70. The molecule has 0 aromatic heterocycles. The number of aryl methyl sites for hydroxylation is 1. The summed E-state index contributed by atoms with van der Waals surface area (Å²) in [7, 11) is 1.62. The molecule has 0 atom stereocenters. The van der Waals surface area contributed by atoms with Crippen molar-refractivity contribution in [2.45, 2.75) is 26.8 Å². The van der Waals surface area contributed by atoms with E-state index in [1.165, 1.54) is 0 Å². The Morgan fingerprint density at radius 2 is 1.68 bits per heavy atom. The van der Waals surface area contributed by atoms with Gasteiger partial charge in [0.1, 0.15) is 5.75 Å². The molecule has 150 valence electrons. The summed E-state index contributed by atoms with van der Waals surface area (Å²) >= 11 is 0. The van der Waals surface area contributed by atoms with E-state index >= 15 is 0 Å². The molecule has 0 unspecified atom stereocenters. The summed E-state index contributed by atoms with van der Waals surface area (Å²) in [5, 5.41) is 5.82. The van der Waals surface area contributed by atoms with Crippen molar-refractivity contribution in [1.29, 1.82) is 0 Å². The van der Waals surface area contributed by atoms with Crippen LogP contribution in [-0.2, 0) is 16.1 Å². The van der Waals surface area contributed by atoms with Crippen LogP contribution in [0.2, 0.25) is 0 Å². The maximum absolute atomic E-state index is 12.4. The molecule has 0 saturated heterocycles. The van der Waals surface area contributed by atoms with Crippen LogP contribution >= 0.6 is 0 Å². The van der Waals surface area contributed by atoms with E-state index in [9.17, 15) is 9.59 Å². The lowest BCUT2D eigenvalue weighted by Gasteiger charge is -2.21. The second kappa shape index (κ2) is 11.1. The molecule has 0 fully saturated rings. The quantitative estimate of drug-likeness (QED) is 0.662. The summed E-state index contributed by atoms with van der Waals surface area (Å²) in [5.74, 6) is 0.558. The number of hydrogen-bond donors (Lipinski definition) is 2. The highest BCUT2D eigenvalue weighted by Crippen LogP contribution is 2.13. The number of methoxy groups -OCH3 is 1. The number of hydrogen-bond acceptors (Lipinski definition) is 4. The van der Waals surface area contributed by atoms with Gasteiger partial charge in [0.15, 0.2) is 0 Å². The first kappa shape index (κ1) is 21.4. The molecule has 2 aromatic rings. The highest BCUT2D eigenvalue weighted by atomic mass is 16.5. The molecular weight excluding hydrogens is 354 g/mol. The van der Waals surface area contributed by atoms with Gasteiger partial charge in [-0.2, -0.15) is 0 Å². The SMILES string of the molecule is CCCN(CC(=O)NCc1ccc(OC)cc1)CC(=O)Nc1ccccc1C. The minimum absolute atomic E-state index is 0.104. The number of nitrogens with zero attached hydrogens (tertiary/aromatic N) is 1. The summed E-state index contributed by atoms with van der Waals surface area (Å²) < 4.78 is 5.13. The van der Waals surface area contributed by atoms with Gasteiger partial charge < -0.3 is 15.4 Å². The number of carbonyl (C=O) groups is 2. The zero-order valence-electron chi connectivity index (χ0n) is 16.8. The van der Waals surface area contributed by atoms with E-state index in [0.29, 0.717) is 13.1 Å². The number of nitrogens with one attached hydrogen (secondary N) is 2. The van der Waals surface area contributed by atoms with Crippen molar-refractivity contribution >= 4 is 17.5 Å². The molecule has 2 aromatic carbocycles. The maximum atomic E-state index is 12.4. The van der Waals surface area contributed by atoms with Crippen molar-refractivity contribution in [3.8, 4) is 5.75 Å². The van der Waals surface area contributed by atoms with Gasteiger partial charge in [-0.3, -0.25) is 14.5 Å². The molecule has 0 spiro atoms. The van der Waals surface area contributed by atoms with Crippen molar-refractivity contribution in [1.82, 2.24) is 10.2 Å². The number of amides is 2. The van der Waals surface area contributed by atoms with Crippen molar-refractivity contribution in [3.63, 3.8) is 0 Å². The Balaban J connectivity index is 1.83. The number of rotatable bonds is 10. The van der Waals surface area contributed by atoms with Crippen molar-refractivity contribution in [2.24, 2.45) is 0 Å². The number of benzene rings is 2. The molecule has 2 N–H and O–H groups in total. The Kier molecular flexibility index (Phi) is 8.49. The maximum Gasteiger partial charge on any atom is 0.238 e. The van der Waals surface area contributed by atoms with Gasteiger partial charge >= 0.3 is 0 Å². The predicted octanol–water partition coefficient (Wildman–Crippen LogP) is 2.97. The zero-order chi connectivity index (χ0) is 20.4. The molecule has 0 radical (unpaired) electrons. The molecule has 28 heavy (non-hydrogen) atoms. The average Bonchev–Trinajstić information content (AvgIpc) is 2.68. The Hall–Kier alpha value is -2.86. The lowest BCUT2D eigenvalue weighted by atomic mass is 10.2. The number of ether oxygens (including phenoxy) is 1. The third kappa shape index (κ3) is 7.04. The third-order valence-corrected chi connectivity index (χ3v) is 4.34. The fourth-order valence-corrected chi connectivity index (χ4v) is 2.84. The average molecular weight is 383 g/mol. The van der Waals surface area contributed by atoms with Crippen LogP contribution in [-0.4, -0.2) is 43.5 Å². The first-order chi connectivity index (χ1) is 13.5. The molecule has 2 amide bonds. The van der Waals surface area contributed by atoms with Crippen LogP contribution in [0.3, 0.4) is 0 Å². The molecule has 0 aliphatic carbocycles. The Morgan fingerprint density at radius 3 is 2.32 bits per heavy atom. The monoisotopic (exact) mass is 383 g/mol. The fraction of sp³-hybridized carbons (Fsp3) is 0.364. The minimum atomic E-state index is -0.120. The molecule has 0 aliphatic rings. The highest BCUT2D eigenvalue weighted by Gasteiger charge is 2.14. The molecule has 2 rings (SSSR count). The first-order valence-corrected chi connectivity index (χ1v) is 9.49. The van der Waals surface area contributed by atoms with E-state index < -0.39 is 0 Å². The molecule has 0 heterocycles. The molecule has 6 heteroatoms. The van der Waals surface area contributed by atoms with Crippen LogP contribution in [0.5, 0.6) is 5.75 Å².